The summed E-state index contributed by atoms with van der Waals surface area (Å²) in [5, 5.41) is 0. The smallest absolute Gasteiger partial charge is 0.149 e. The van der Waals surface area contributed by atoms with Gasteiger partial charge >= 0.3 is 0 Å². The van der Waals surface area contributed by atoms with Gasteiger partial charge in [-0.2, -0.15) is 0 Å². The molecule has 4 heteroatoms. The van der Waals surface area contributed by atoms with Crippen molar-refractivity contribution in [1.82, 2.24) is 0 Å². The summed E-state index contributed by atoms with van der Waals surface area (Å²) in [6.45, 7) is 2.70. The molecule has 118 valence electrons. The van der Waals surface area contributed by atoms with Gasteiger partial charge < -0.3 is 10.6 Å². The molecule has 2 rings (SSSR count). The van der Waals surface area contributed by atoms with E-state index in [0.717, 1.165) is 25.8 Å². The Morgan fingerprint density at radius 2 is 1.81 bits per heavy atom. The van der Waals surface area contributed by atoms with Gasteiger partial charge in [-0.25, -0.2) is 8.78 Å². The zero-order valence-electron chi connectivity index (χ0n) is 13.0. The molecule has 1 aliphatic carbocycles. The van der Waals surface area contributed by atoms with Crippen LogP contribution in [0, 0.1) is 17.6 Å². The van der Waals surface area contributed by atoms with E-state index in [-0.39, 0.29) is 11.7 Å². The van der Waals surface area contributed by atoms with Crippen molar-refractivity contribution in [3.8, 4) is 0 Å². The number of anilines is 1. The molecule has 1 unspecified atom stereocenters. The molecular formula is C17H26F2N2. The van der Waals surface area contributed by atoms with Gasteiger partial charge in [-0.15, -0.1) is 0 Å². The van der Waals surface area contributed by atoms with Crippen LogP contribution in [-0.4, -0.2) is 19.6 Å². The lowest BCUT2D eigenvalue weighted by Gasteiger charge is -2.24. The van der Waals surface area contributed by atoms with Crippen molar-refractivity contribution in [2.45, 2.75) is 51.5 Å². The minimum Gasteiger partial charge on any atom is -0.370 e. The zero-order valence-corrected chi connectivity index (χ0v) is 13.0. The van der Waals surface area contributed by atoms with Crippen molar-refractivity contribution in [2.24, 2.45) is 11.7 Å². The molecule has 0 radical (unpaired) electrons. The topological polar surface area (TPSA) is 29.3 Å². The molecule has 0 saturated heterocycles. The predicted octanol–water partition coefficient (Wildman–Crippen LogP) is 3.87. The van der Waals surface area contributed by atoms with Gasteiger partial charge in [-0.3, -0.25) is 0 Å². The van der Waals surface area contributed by atoms with Gasteiger partial charge in [0.15, 0.2) is 0 Å². The second kappa shape index (κ2) is 7.21. The van der Waals surface area contributed by atoms with Crippen molar-refractivity contribution in [3.05, 3.63) is 29.3 Å². The van der Waals surface area contributed by atoms with E-state index in [1.54, 1.807) is 11.9 Å². The molecule has 0 spiro atoms. The van der Waals surface area contributed by atoms with E-state index >= 15 is 0 Å². The molecule has 21 heavy (non-hydrogen) atoms. The van der Waals surface area contributed by atoms with Crippen molar-refractivity contribution >= 4 is 5.69 Å². The van der Waals surface area contributed by atoms with Crippen molar-refractivity contribution in [1.29, 1.82) is 0 Å². The minimum absolute atomic E-state index is 0.0501. The summed E-state index contributed by atoms with van der Waals surface area (Å²) in [5.41, 5.74) is 6.59. The summed E-state index contributed by atoms with van der Waals surface area (Å²) in [6.07, 6.45) is 6.10. The van der Waals surface area contributed by atoms with Crippen LogP contribution in [0.5, 0.6) is 0 Å². The van der Waals surface area contributed by atoms with Crippen LogP contribution in [0.1, 0.15) is 44.6 Å². The second-order valence-electron chi connectivity index (χ2n) is 6.31. The number of hydrogen-bond donors (Lipinski definition) is 1. The number of benzene rings is 1. The lowest BCUT2D eigenvalue weighted by molar-refractivity contribution is 0.523. The summed E-state index contributed by atoms with van der Waals surface area (Å²) in [4.78, 5) is 1.73. The van der Waals surface area contributed by atoms with Gasteiger partial charge in [0.05, 0.1) is 0 Å². The van der Waals surface area contributed by atoms with Gasteiger partial charge in [0.1, 0.15) is 17.3 Å². The molecular weight excluding hydrogens is 270 g/mol. The Labute approximate surface area is 126 Å². The van der Waals surface area contributed by atoms with Gasteiger partial charge in [0, 0.05) is 19.6 Å². The molecule has 1 aliphatic rings. The lowest BCUT2D eigenvalue weighted by Crippen LogP contribution is -2.26. The third kappa shape index (κ3) is 4.16. The normalized spacial score (nSPS) is 17.2. The highest BCUT2D eigenvalue weighted by molar-refractivity contribution is 5.50. The van der Waals surface area contributed by atoms with E-state index in [2.05, 4.69) is 0 Å². The Kier molecular flexibility index (Phi) is 5.57. The summed E-state index contributed by atoms with van der Waals surface area (Å²) in [6, 6.07) is 2.81. The highest BCUT2D eigenvalue weighted by Gasteiger charge is 2.21. The third-order valence-corrected chi connectivity index (χ3v) is 4.49. The van der Waals surface area contributed by atoms with Crippen LogP contribution in [0.3, 0.4) is 0 Å². The summed E-state index contributed by atoms with van der Waals surface area (Å²) < 4.78 is 28.5. The number of nitrogens with two attached hydrogens (primary N) is 1. The first-order chi connectivity index (χ1) is 10.0. The molecule has 2 nitrogen and oxygen atoms in total. The number of halogens is 2. The molecule has 0 aromatic heterocycles. The number of rotatable bonds is 6. The Bertz CT molecular complexity index is 447. The largest absolute Gasteiger partial charge is 0.370 e. The number of hydrogen-bond acceptors (Lipinski definition) is 2. The molecule has 0 amide bonds. The van der Waals surface area contributed by atoms with Crippen molar-refractivity contribution < 1.29 is 8.78 Å². The Morgan fingerprint density at radius 3 is 2.33 bits per heavy atom. The minimum atomic E-state index is -0.478. The summed E-state index contributed by atoms with van der Waals surface area (Å²) in [5.74, 6) is -0.399. The summed E-state index contributed by atoms with van der Waals surface area (Å²) in [7, 11) is 1.78. The lowest BCUT2D eigenvalue weighted by atomic mass is 10.0. The molecule has 0 heterocycles. The second-order valence-corrected chi connectivity index (χ2v) is 6.31. The van der Waals surface area contributed by atoms with Gasteiger partial charge in [-0.05, 0) is 49.3 Å². The Hall–Kier alpha value is -1.16. The SMILES string of the molecule is CCC(N)Cc1cc(F)c(N(C)CC2CCCC2)c(F)c1. The maximum absolute atomic E-state index is 14.3. The molecule has 1 aromatic carbocycles. The van der Waals surface area contributed by atoms with Crippen molar-refractivity contribution in [3.63, 3.8) is 0 Å². The maximum atomic E-state index is 14.3. The first kappa shape index (κ1) is 16.2. The van der Waals surface area contributed by atoms with Gasteiger partial charge in [0.2, 0.25) is 0 Å². The molecule has 1 saturated carbocycles. The zero-order chi connectivity index (χ0) is 15.4. The standard InChI is InChI=1S/C17H26F2N2/c1-3-14(20)8-13-9-15(18)17(16(19)10-13)21(2)11-12-6-4-5-7-12/h9-10,12,14H,3-8,11,20H2,1-2H3. The third-order valence-electron chi connectivity index (χ3n) is 4.49. The van der Waals surface area contributed by atoms with Gasteiger partial charge in [0.25, 0.3) is 0 Å². The first-order valence-electron chi connectivity index (χ1n) is 7.95. The number of nitrogens with zero attached hydrogens (tertiary/aromatic N) is 1. The molecule has 2 N–H and O–H groups in total. The van der Waals surface area contributed by atoms with E-state index < -0.39 is 11.6 Å². The maximum Gasteiger partial charge on any atom is 0.149 e. The molecule has 1 atom stereocenters. The van der Waals surface area contributed by atoms with Crippen LogP contribution in [0.25, 0.3) is 0 Å². The van der Waals surface area contributed by atoms with E-state index in [9.17, 15) is 8.78 Å². The van der Waals surface area contributed by atoms with Crippen LogP contribution in [0.15, 0.2) is 12.1 Å². The Balaban J connectivity index is 2.11. The fourth-order valence-corrected chi connectivity index (χ4v) is 3.22. The first-order valence-corrected chi connectivity index (χ1v) is 7.95. The average Bonchev–Trinajstić information content (AvgIpc) is 2.90. The van der Waals surface area contributed by atoms with Crippen LogP contribution >= 0.6 is 0 Å². The quantitative estimate of drug-likeness (QED) is 0.863. The van der Waals surface area contributed by atoms with Crippen molar-refractivity contribution in [2.75, 3.05) is 18.5 Å². The summed E-state index contributed by atoms with van der Waals surface area (Å²) >= 11 is 0. The molecule has 0 bridgehead atoms. The average molecular weight is 296 g/mol. The highest BCUT2D eigenvalue weighted by Crippen LogP contribution is 2.30. The molecule has 1 fully saturated rings. The van der Waals surface area contributed by atoms with Crippen LogP contribution < -0.4 is 10.6 Å². The van der Waals surface area contributed by atoms with Crippen LogP contribution in [-0.2, 0) is 6.42 Å². The van der Waals surface area contributed by atoms with E-state index in [0.29, 0.717) is 17.9 Å². The molecule has 0 aliphatic heterocycles. The van der Waals surface area contributed by atoms with E-state index in [4.69, 9.17) is 5.73 Å². The van der Waals surface area contributed by atoms with E-state index in [1.165, 1.54) is 25.0 Å². The molecule has 1 aromatic rings. The fourth-order valence-electron chi connectivity index (χ4n) is 3.22. The predicted molar refractivity (Wildman–Crippen MR) is 83.6 cm³/mol. The van der Waals surface area contributed by atoms with Crippen LogP contribution in [0.4, 0.5) is 14.5 Å². The highest BCUT2D eigenvalue weighted by atomic mass is 19.1. The van der Waals surface area contributed by atoms with E-state index in [1.807, 2.05) is 6.92 Å². The van der Waals surface area contributed by atoms with Crippen LogP contribution in [0.2, 0.25) is 0 Å². The monoisotopic (exact) mass is 296 g/mol. The fraction of sp³-hybridized carbons (Fsp3) is 0.647. The Morgan fingerprint density at radius 1 is 1.24 bits per heavy atom. The van der Waals surface area contributed by atoms with Gasteiger partial charge in [-0.1, -0.05) is 19.8 Å².